The van der Waals surface area contributed by atoms with E-state index in [4.69, 9.17) is 5.73 Å². The molecule has 25 heavy (non-hydrogen) atoms. The van der Waals surface area contributed by atoms with Gasteiger partial charge in [0.15, 0.2) is 0 Å². The first-order chi connectivity index (χ1) is 11.9. The molecule has 0 saturated carbocycles. The molecule has 7 heteroatoms. The van der Waals surface area contributed by atoms with Gasteiger partial charge in [-0.2, -0.15) is 0 Å². The van der Waals surface area contributed by atoms with Crippen LogP contribution in [0.25, 0.3) is 10.9 Å². The first-order valence-electron chi connectivity index (χ1n) is 7.68. The van der Waals surface area contributed by atoms with E-state index in [0.717, 1.165) is 5.39 Å². The Morgan fingerprint density at radius 2 is 1.76 bits per heavy atom. The third kappa shape index (κ3) is 3.16. The van der Waals surface area contributed by atoms with Gasteiger partial charge in [-0.25, -0.2) is 12.4 Å². The lowest BCUT2D eigenvalue weighted by molar-refractivity contribution is -0.142. The van der Waals surface area contributed by atoms with Crippen molar-refractivity contribution in [2.75, 3.05) is 7.11 Å². The zero-order valence-corrected chi connectivity index (χ0v) is 14.4. The van der Waals surface area contributed by atoms with Gasteiger partial charge in [0.1, 0.15) is 6.04 Å². The van der Waals surface area contributed by atoms with Crippen LogP contribution >= 0.6 is 0 Å². The van der Waals surface area contributed by atoms with E-state index in [1.807, 2.05) is 12.1 Å². The second-order valence-electron chi connectivity index (χ2n) is 5.61. The smallest absolute Gasteiger partial charge is 0.323 e. The summed E-state index contributed by atoms with van der Waals surface area (Å²) in [5.41, 5.74) is 6.82. The SMILES string of the molecule is COC(=O)C(N)Cc1cc2ccccc2n1S(=O)(=O)c1ccccc1. The third-order valence-electron chi connectivity index (χ3n) is 3.95. The summed E-state index contributed by atoms with van der Waals surface area (Å²) in [6.07, 6.45) is 0.0490. The lowest BCUT2D eigenvalue weighted by Crippen LogP contribution is -2.34. The molecule has 0 aliphatic carbocycles. The number of fused-ring (bicyclic) bond motifs is 1. The van der Waals surface area contributed by atoms with Crippen LogP contribution < -0.4 is 5.73 Å². The van der Waals surface area contributed by atoms with Crippen molar-refractivity contribution >= 4 is 26.9 Å². The molecule has 6 nitrogen and oxygen atoms in total. The van der Waals surface area contributed by atoms with Gasteiger partial charge in [-0.3, -0.25) is 4.79 Å². The molecule has 0 radical (unpaired) electrons. The van der Waals surface area contributed by atoms with E-state index in [1.165, 1.54) is 23.2 Å². The molecular formula is C18H18N2O4S. The lowest BCUT2D eigenvalue weighted by atomic mass is 10.1. The van der Waals surface area contributed by atoms with Crippen LogP contribution in [0.15, 0.2) is 65.6 Å². The van der Waals surface area contributed by atoms with Gasteiger partial charge in [0.25, 0.3) is 10.0 Å². The Morgan fingerprint density at radius 3 is 2.44 bits per heavy atom. The predicted octanol–water partition coefficient (Wildman–Crippen LogP) is 1.92. The summed E-state index contributed by atoms with van der Waals surface area (Å²) < 4.78 is 32.2. The second kappa shape index (κ2) is 6.70. The van der Waals surface area contributed by atoms with E-state index >= 15 is 0 Å². The van der Waals surface area contributed by atoms with Crippen LogP contribution in [0.3, 0.4) is 0 Å². The van der Waals surface area contributed by atoms with Crippen molar-refractivity contribution in [3.05, 3.63) is 66.4 Å². The van der Waals surface area contributed by atoms with Crippen molar-refractivity contribution in [2.45, 2.75) is 17.4 Å². The molecule has 0 amide bonds. The summed E-state index contributed by atoms with van der Waals surface area (Å²) >= 11 is 0. The monoisotopic (exact) mass is 358 g/mol. The molecule has 2 aromatic carbocycles. The Bertz CT molecular complexity index is 1010. The summed E-state index contributed by atoms with van der Waals surface area (Å²) in [6.45, 7) is 0. The van der Waals surface area contributed by atoms with Gasteiger partial charge >= 0.3 is 5.97 Å². The number of carbonyl (C=O) groups is 1. The van der Waals surface area contributed by atoms with E-state index in [2.05, 4.69) is 4.74 Å². The van der Waals surface area contributed by atoms with Crippen LogP contribution in [0.1, 0.15) is 5.69 Å². The average molecular weight is 358 g/mol. The van der Waals surface area contributed by atoms with E-state index in [-0.39, 0.29) is 11.3 Å². The number of para-hydroxylation sites is 1. The second-order valence-corrected chi connectivity index (χ2v) is 7.40. The number of nitrogens with zero attached hydrogens (tertiary/aromatic N) is 1. The van der Waals surface area contributed by atoms with Crippen LogP contribution in [0.2, 0.25) is 0 Å². The summed E-state index contributed by atoms with van der Waals surface area (Å²) in [5.74, 6) is -0.589. The number of hydrogen-bond acceptors (Lipinski definition) is 5. The first-order valence-corrected chi connectivity index (χ1v) is 9.12. The normalized spacial score (nSPS) is 12.9. The number of rotatable bonds is 5. The Balaban J connectivity index is 2.19. The molecule has 0 aliphatic rings. The summed E-state index contributed by atoms with van der Waals surface area (Å²) in [6, 6.07) is 16.1. The Kier molecular flexibility index (Phi) is 4.61. The fourth-order valence-corrected chi connectivity index (χ4v) is 4.34. The minimum absolute atomic E-state index is 0.0490. The number of hydrogen-bond donors (Lipinski definition) is 1. The topological polar surface area (TPSA) is 91.4 Å². The Labute approximate surface area is 145 Å². The van der Waals surface area contributed by atoms with Crippen LogP contribution in [0.5, 0.6) is 0 Å². The van der Waals surface area contributed by atoms with Gasteiger partial charge in [-0.15, -0.1) is 0 Å². The molecule has 1 aromatic heterocycles. The Hall–Kier alpha value is -2.64. The summed E-state index contributed by atoms with van der Waals surface area (Å²) in [7, 11) is -2.57. The molecule has 0 saturated heterocycles. The zero-order valence-electron chi connectivity index (χ0n) is 13.6. The number of carbonyl (C=O) groups excluding carboxylic acids is 1. The van der Waals surface area contributed by atoms with Gasteiger partial charge in [0.05, 0.1) is 17.5 Å². The number of methoxy groups -OCH3 is 1. The van der Waals surface area contributed by atoms with Crippen molar-refractivity contribution in [3.8, 4) is 0 Å². The number of nitrogens with two attached hydrogens (primary N) is 1. The van der Waals surface area contributed by atoms with Crippen molar-refractivity contribution in [1.82, 2.24) is 3.97 Å². The van der Waals surface area contributed by atoms with Crippen molar-refractivity contribution in [1.29, 1.82) is 0 Å². The molecular weight excluding hydrogens is 340 g/mol. The molecule has 2 N–H and O–H groups in total. The molecule has 3 aromatic rings. The molecule has 130 valence electrons. The predicted molar refractivity (Wildman–Crippen MR) is 94.7 cm³/mol. The van der Waals surface area contributed by atoms with E-state index in [1.54, 1.807) is 36.4 Å². The molecule has 1 atom stereocenters. The highest BCUT2D eigenvalue weighted by Gasteiger charge is 2.25. The minimum Gasteiger partial charge on any atom is -0.468 e. The van der Waals surface area contributed by atoms with Crippen LogP contribution in [-0.2, 0) is 26.0 Å². The maximum Gasteiger partial charge on any atom is 0.323 e. The first kappa shape index (κ1) is 17.2. The molecule has 0 bridgehead atoms. The molecule has 0 aliphatic heterocycles. The van der Waals surface area contributed by atoms with Gasteiger partial charge in [0, 0.05) is 17.5 Å². The van der Waals surface area contributed by atoms with E-state index in [0.29, 0.717) is 11.2 Å². The third-order valence-corrected chi connectivity index (χ3v) is 5.73. The Morgan fingerprint density at radius 1 is 1.12 bits per heavy atom. The van der Waals surface area contributed by atoms with Gasteiger partial charge in [-0.05, 0) is 24.3 Å². The summed E-state index contributed by atoms with van der Waals surface area (Å²) in [5, 5.41) is 0.758. The highest BCUT2D eigenvalue weighted by Crippen LogP contribution is 2.26. The summed E-state index contributed by atoms with van der Waals surface area (Å²) in [4.78, 5) is 11.8. The molecule has 1 unspecified atom stereocenters. The van der Waals surface area contributed by atoms with Crippen LogP contribution in [0.4, 0.5) is 0 Å². The van der Waals surface area contributed by atoms with Gasteiger partial charge < -0.3 is 10.5 Å². The van der Waals surface area contributed by atoms with E-state index < -0.39 is 22.0 Å². The molecule has 0 fully saturated rings. The molecule has 1 heterocycles. The number of esters is 1. The van der Waals surface area contributed by atoms with Crippen molar-refractivity contribution < 1.29 is 17.9 Å². The van der Waals surface area contributed by atoms with Gasteiger partial charge in [-0.1, -0.05) is 36.4 Å². The quantitative estimate of drug-likeness (QED) is 0.704. The van der Waals surface area contributed by atoms with Crippen LogP contribution in [-0.4, -0.2) is 31.5 Å². The fraction of sp³-hybridized carbons (Fsp3) is 0.167. The van der Waals surface area contributed by atoms with E-state index in [9.17, 15) is 13.2 Å². The minimum atomic E-state index is -3.82. The van der Waals surface area contributed by atoms with Crippen molar-refractivity contribution in [3.63, 3.8) is 0 Å². The maximum absolute atomic E-state index is 13.2. The maximum atomic E-state index is 13.2. The standard InChI is InChI=1S/C18H18N2O4S/c1-24-18(21)16(19)12-14-11-13-7-5-6-10-17(13)20(14)25(22,23)15-8-3-2-4-9-15/h2-11,16H,12,19H2,1H3. The number of benzene rings is 2. The average Bonchev–Trinajstić information content (AvgIpc) is 3.00. The zero-order chi connectivity index (χ0) is 18.0. The molecule has 3 rings (SSSR count). The van der Waals surface area contributed by atoms with Gasteiger partial charge in [0.2, 0.25) is 0 Å². The fourth-order valence-electron chi connectivity index (χ4n) is 2.77. The van der Waals surface area contributed by atoms with Crippen molar-refractivity contribution in [2.24, 2.45) is 5.73 Å². The highest BCUT2D eigenvalue weighted by molar-refractivity contribution is 7.90. The largest absolute Gasteiger partial charge is 0.468 e. The lowest BCUT2D eigenvalue weighted by Gasteiger charge is -2.14. The highest BCUT2D eigenvalue weighted by atomic mass is 32.2. The number of ether oxygens (including phenoxy) is 1. The molecule has 0 spiro atoms. The number of aromatic nitrogens is 1. The van der Waals surface area contributed by atoms with Crippen LogP contribution in [0, 0.1) is 0 Å².